The maximum atomic E-state index is 12.5. The predicted octanol–water partition coefficient (Wildman–Crippen LogP) is 2.04. The quantitative estimate of drug-likeness (QED) is 0.892. The molecule has 0 spiro atoms. The molecule has 25 heavy (non-hydrogen) atoms. The Morgan fingerprint density at radius 2 is 1.96 bits per heavy atom. The van der Waals surface area contributed by atoms with E-state index in [9.17, 15) is 9.90 Å². The Kier molecular flexibility index (Phi) is 4.36. The molecular weight excluding hydrogens is 316 g/mol. The Balaban J connectivity index is 1.38. The maximum absolute atomic E-state index is 12.5. The molecule has 1 aliphatic carbocycles. The van der Waals surface area contributed by atoms with Crippen LogP contribution in [0.1, 0.15) is 41.2 Å². The predicted molar refractivity (Wildman–Crippen MR) is 94.4 cm³/mol. The first-order valence-corrected chi connectivity index (χ1v) is 8.81. The number of amides is 1. The number of hydrogen-bond donors (Lipinski definition) is 2. The molecule has 130 valence electrons. The number of aliphatic hydroxyl groups excluding tert-OH is 1. The molecule has 2 atom stereocenters. The van der Waals surface area contributed by atoms with Crippen molar-refractivity contribution in [3.63, 3.8) is 0 Å². The number of carbonyl (C=O) groups excluding carboxylic acids is 1. The molecule has 2 heterocycles. The summed E-state index contributed by atoms with van der Waals surface area (Å²) in [5.74, 6) is 1.29. The number of nitrogens with one attached hydrogen (secondary N) is 1. The van der Waals surface area contributed by atoms with Crippen LogP contribution in [0.2, 0.25) is 0 Å². The molecule has 1 aromatic heterocycles. The molecule has 0 radical (unpaired) electrons. The van der Waals surface area contributed by atoms with Crippen LogP contribution in [-0.4, -0.2) is 51.1 Å². The van der Waals surface area contributed by atoms with Gasteiger partial charge in [-0.1, -0.05) is 18.2 Å². The van der Waals surface area contributed by atoms with E-state index in [1.807, 2.05) is 24.3 Å². The first-order chi connectivity index (χ1) is 12.2. The van der Waals surface area contributed by atoms with Crippen molar-refractivity contribution in [1.29, 1.82) is 0 Å². The van der Waals surface area contributed by atoms with Gasteiger partial charge < -0.3 is 15.3 Å². The van der Waals surface area contributed by atoms with E-state index in [1.165, 1.54) is 12.8 Å². The van der Waals surface area contributed by atoms with Crippen molar-refractivity contribution in [1.82, 2.24) is 14.9 Å². The molecule has 6 heteroatoms. The average Bonchev–Trinajstić information content (AvgIpc) is 3.49. The molecule has 4 rings (SSSR count). The zero-order valence-corrected chi connectivity index (χ0v) is 14.0. The van der Waals surface area contributed by atoms with Crippen LogP contribution in [-0.2, 0) is 0 Å². The Morgan fingerprint density at radius 1 is 1.16 bits per heavy atom. The van der Waals surface area contributed by atoms with Gasteiger partial charge in [0.1, 0.15) is 12.1 Å². The van der Waals surface area contributed by atoms with Gasteiger partial charge >= 0.3 is 0 Å². The van der Waals surface area contributed by atoms with Crippen LogP contribution in [0.5, 0.6) is 0 Å². The topological polar surface area (TPSA) is 78.4 Å². The second-order valence-electron chi connectivity index (χ2n) is 6.83. The molecule has 1 aliphatic heterocycles. The first-order valence-electron chi connectivity index (χ1n) is 8.81. The highest BCUT2D eigenvalue weighted by molar-refractivity contribution is 5.94. The van der Waals surface area contributed by atoms with Crippen molar-refractivity contribution in [2.24, 2.45) is 0 Å². The van der Waals surface area contributed by atoms with Gasteiger partial charge in [-0.15, -0.1) is 0 Å². The van der Waals surface area contributed by atoms with Gasteiger partial charge in [-0.05, 0) is 31.4 Å². The molecule has 1 aromatic carbocycles. The fourth-order valence-electron chi connectivity index (χ4n) is 3.29. The molecule has 1 amide bonds. The minimum atomic E-state index is -0.624. The third kappa shape index (κ3) is 3.64. The van der Waals surface area contributed by atoms with E-state index < -0.39 is 6.10 Å². The van der Waals surface area contributed by atoms with Gasteiger partial charge in [-0.3, -0.25) is 4.79 Å². The fraction of sp³-hybridized carbons (Fsp3) is 0.421. The highest BCUT2D eigenvalue weighted by Gasteiger charge is 2.31. The van der Waals surface area contributed by atoms with Gasteiger partial charge in [0.15, 0.2) is 0 Å². The van der Waals surface area contributed by atoms with Gasteiger partial charge in [-0.25, -0.2) is 9.97 Å². The maximum Gasteiger partial charge on any atom is 0.253 e. The van der Waals surface area contributed by atoms with Crippen LogP contribution in [0.3, 0.4) is 0 Å². The lowest BCUT2D eigenvalue weighted by molar-refractivity contribution is 0.0426. The number of piperidine rings is 1. The zero-order valence-electron chi connectivity index (χ0n) is 14.0. The third-order valence-corrected chi connectivity index (χ3v) is 4.91. The van der Waals surface area contributed by atoms with E-state index in [-0.39, 0.29) is 11.9 Å². The lowest BCUT2D eigenvalue weighted by Crippen LogP contribution is -2.51. The summed E-state index contributed by atoms with van der Waals surface area (Å²) in [7, 11) is 0. The molecule has 2 N–H and O–H groups in total. The summed E-state index contributed by atoms with van der Waals surface area (Å²) < 4.78 is 0. The molecule has 0 bridgehead atoms. The van der Waals surface area contributed by atoms with Gasteiger partial charge in [0.05, 0.1) is 12.1 Å². The molecule has 2 aromatic rings. The minimum Gasteiger partial charge on any atom is -0.389 e. The monoisotopic (exact) mass is 338 g/mol. The van der Waals surface area contributed by atoms with Crippen molar-refractivity contribution in [2.75, 3.05) is 18.4 Å². The Morgan fingerprint density at radius 3 is 2.68 bits per heavy atom. The number of aliphatic hydroxyl groups is 1. The zero-order chi connectivity index (χ0) is 17.2. The molecule has 6 nitrogen and oxygen atoms in total. The molecule has 1 saturated carbocycles. The largest absolute Gasteiger partial charge is 0.389 e. The first kappa shape index (κ1) is 16.0. The molecular formula is C19H22N4O2. The summed E-state index contributed by atoms with van der Waals surface area (Å²) in [5.41, 5.74) is 1.73. The highest BCUT2D eigenvalue weighted by Crippen LogP contribution is 2.39. The van der Waals surface area contributed by atoms with E-state index in [2.05, 4.69) is 15.3 Å². The molecule has 2 fully saturated rings. The summed E-state index contributed by atoms with van der Waals surface area (Å²) >= 11 is 0. The average molecular weight is 338 g/mol. The van der Waals surface area contributed by atoms with E-state index in [4.69, 9.17) is 0 Å². The standard InChI is InChI=1S/C19H22N4O2/c24-17-11-23(19(25)14-4-2-1-3-5-14)9-8-15(17)22-18-10-16(13-6-7-13)20-12-21-18/h1-5,10,12-13,15,17,24H,6-9,11H2,(H,20,21,22)/t15-,17-/m1/s1. The van der Waals surface area contributed by atoms with Crippen molar-refractivity contribution < 1.29 is 9.90 Å². The summed E-state index contributed by atoms with van der Waals surface area (Å²) in [6, 6.07) is 11.1. The summed E-state index contributed by atoms with van der Waals surface area (Å²) in [6.07, 6.45) is 4.03. The number of anilines is 1. The Bertz CT molecular complexity index is 748. The summed E-state index contributed by atoms with van der Waals surface area (Å²) in [5, 5.41) is 13.8. The fourth-order valence-corrected chi connectivity index (χ4v) is 3.29. The number of likely N-dealkylation sites (tertiary alicyclic amines) is 1. The van der Waals surface area contributed by atoms with E-state index >= 15 is 0 Å². The highest BCUT2D eigenvalue weighted by atomic mass is 16.3. The Hall–Kier alpha value is -2.47. The molecule has 0 unspecified atom stereocenters. The number of nitrogens with zero attached hydrogens (tertiary/aromatic N) is 3. The number of benzene rings is 1. The van der Waals surface area contributed by atoms with Crippen molar-refractivity contribution in [2.45, 2.75) is 37.3 Å². The van der Waals surface area contributed by atoms with Crippen LogP contribution >= 0.6 is 0 Å². The number of carbonyl (C=O) groups is 1. The Labute approximate surface area is 146 Å². The normalized spacial score (nSPS) is 23.3. The molecule has 1 saturated heterocycles. The van der Waals surface area contributed by atoms with Crippen LogP contribution in [0, 0.1) is 0 Å². The van der Waals surface area contributed by atoms with Crippen molar-refractivity contribution in [3.8, 4) is 0 Å². The summed E-state index contributed by atoms with van der Waals surface area (Å²) in [4.78, 5) is 22.8. The van der Waals surface area contributed by atoms with Gasteiger partial charge in [-0.2, -0.15) is 0 Å². The van der Waals surface area contributed by atoms with Crippen LogP contribution in [0.25, 0.3) is 0 Å². The number of β-amino-alcohol motifs (C(OH)–C–C–N with tert-alkyl or cyclic N) is 1. The van der Waals surface area contributed by atoms with Crippen molar-refractivity contribution >= 4 is 11.7 Å². The number of hydrogen-bond acceptors (Lipinski definition) is 5. The number of aromatic nitrogens is 2. The van der Waals surface area contributed by atoms with Crippen LogP contribution < -0.4 is 5.32 Å². The van der Waals surface area contributed by atoms with Crippen LogP contribution in [0.4, 0.5) is 5.82 Å². The van der Waals surface area contributed by atoms with Gasteiger partial charge in [0, 0.05) is 36.3 Å². The van der Waals surface area contributed by atoms with E-state index in [0.717, 1.165) is 11.5 Å². The lowest BCUT2D eigenvalue weighted by atomic mass is 10.0. The van der Waals surface area contributed by atoms with Gasteiger partial charge in [0.25, 0.3) is 5.91 Å². The number of rotatable bonds is 4. The van der Waals surface area contributed by atoms with Crippen LogP contribution in [0.15, 0.2) is 42.7 Å². The second-order valence-corrected chi connectivity index (χ2v) is 6.83. The third-order valence-electron chi connectivity index (χ3n) is 4.91. The van der Waals surface area contributed by atoms with E-state index in [1.54, 1.807) is 23.4 Å². The van der Waals surface area contributed by atoms with E-state index in [0.29, 0.717) is 31.0 Å². The minimum absolute atomic E-state index is 0.0313. The van der Waals surface area contributed by atoms with Crippen molar-refractivity contribution in [3.05, 3.63) is 54.0 Å². The lowest BCUT2D eigenvalue weighted by Gasteiger charge is -2.36. The second kappa shape index (κ2) is 6.80. The van der Waals surface area contributed by atoms with Gasteiger partial charge in [0.2, 0.25) is 0 Å². The summed E-state index contributed by atoms with van der Waals surface area (Å²) in [6.45, 7) is 0.939. The SMILES string of the molecule is O=C(c1ccccc1)N1CC[C@@H](Nc2cc(C3CC3)ncn2)[C@H](O)C1. The smallest absolute Gasteiger partial charge is 0.253 e. The molecule has 2 aliphatic rings.